The Morgan fingerprint density at radius 2 is 0.818 bits per heavy atom. The van der Waals surface area contributed by atoms with Gasteiger partial charge in [0.05, 0.1) is 16.6 Å². The molecule has 5 aromatic rings. The number of rotatable bonds is 41. The molecule has 5 aromatic carbocycles. The van der Waals surface area contributed by atoms with E-state index in [4.69, 9.17) is 46.0 Å². The first-order chi connectivity index (χ1) is 56.1. The standard InChI is InChI=1S/C15H16O2S.C12H16O2S.2C11H14O2S.3C8H16O2S.C7H14O2S.C6H12O2S.C5H10O2S/c1-10(2)18-14(15(16)17)13-9-5-7-11-6-3-4-8-12(11)13;1-9(2)15-11(12(13)14)8-10-6-4-3-5-7-10;1-8(2)14-7-9-5-3-4-6-10(9)11(12)13;1-8(2)14-10(11(12)13)9-6-4-3-5-7-9;1-5(2)7(8(9)10)11-6(3)4;1-7(2)11-6-4-3-5-8(9)10;1-4-5-7(8(9)10)11-6(2)3;1-5(2)10-7(3,4)6(8)9;1-4(2)9-5(3)6(7)8;1-4(2)8-3-5(6)7/h3-10,14H,1-2H3,(H,16,17);3-7,9,11H,8H2,1-2H3,(H,13,14);3-6,8H,7H2,1-2H3,(H,12,13);3-8,10H,1-2H3,(H,12,13);5-7H,1-4H3,(H,9,10);7H,3-6H2,1-2H3,(H,9,10);6-7H,4-5H2,1-3H3,(H,9,10);5H,1-4H3,(H,8,9);4-5H,1-3H3,(H,7,8);4H,3H2,1-2H3,(H,6,7). The van der Waals surface area contributed by atoms with E-state index in [9.17, 15) is 53.1 Å². The molecule has 5 rings (SSSR count). The first-order valence-corrected chi connectivity index (χ1v) is 50.1. The van der Waals surface area contributed by atoms with Crippen molar-refractivity contribution in [2.45, 2.75) is 313 Å². The van der Waals surface area contributed by atoms with Crippen LogP contribution in [0.4, 0.5) is 0 Å². The molecule has 0 fully saturated rings. The molecular formula is C91H144O20S10. The molecule has 0 heterocycles. The summed E-state index contributed by atoms with van der Waals surface area (Å²) >= 11 is 15.5. The van der Waals surface area contributed by atoms with Gasteiger partial charge in [-0.05, 0) is 134 Å². The molecule has 0 saturated carbocycles. The number of carboxylic acid groups (broad SMARTS) is 10. The van der Waals surface area contributed by atoms with Gasteiger partial charge in [0, 0.05) is 27.9 Å². The minimum absolute atomic E-state index is 0.208. The van der Waals surface area contributed by atoms with Gasteiger partial charge in [0.25, 0.3) is 0 Å². The number of aliphatic carboxylic acids is 9. The summed E-state index contributed by atoms with van der Waals surface area (Å²) in [7, 11) is 0. The summed E-state index contributed by atoms with van der Waals surface area (Å²) in [5.74, 6) is -5.09. The molecule has 0 aliphatic carbocycles. The van der Waals surface area contributed by atoms with Gasteiger partial charge >= 0.3 is 59.7 Å². The Kier molecular flexibility index (Phi) is 74.5. The summed E-state index contributed by atoms with van der Waals surface area (Å²) in [5, 5.41) is 91.7. The predicted molar refractivity (Wildman–Crippen MR) is 527 cm³/mol. The second-order valence-corrected chi connectivity index (χ2v) is 48.1. The third-order valence-electron chi connectivity index (χ3n) is 14.4. The van der Waals surface area contributed by atoms with Crippen LogP contribution in [0.1, 0.15) is 255 Å². The lowest BCUT2D eigenvalue weighted by Gasteiger charge is -2.20. The van der Waals surface area contributed by atoms with E-state index in [2.05, 4.69) is 27.7 Å². The second kappa shape index (κ2) is 72.7. The van der Waals surface area contributed by atoms with E-state index in [1.54, 1.807) is 44.7 Å². The van der Waals surface area contributed by atoms with E-state index in [0.717, 1.165) is 70.2 Å². The van der Waals surface area contributed by atoms with Gasteiger partial charge in [-0.2, -0.15) is 23.5 Å². The van der Waals surface area contributed by atoms with Crippen molar-refractivity contribution < 1.29 is 99.0 Å². The molecule has 0 saturated heterocycles. The van der Waals surface area contributed by atoms with Crippen molar-refractivity contribution in [3.63, 3.8) is 0 Å². The maximum absolute atomic E-state index is 11.5. The number of hydrogen-bond acceptors (Lipinski definition) is 20. The molecule has 0 bridgehead atoms. The molecule has 688 valence electrons. The van der Waals surface area contributed by atoms with Gasteiger partial charge in [0.1, 0.15) is 31.0 Å². The quantitative estimate of drug-likeness (QED) is 0.0162. The van der Waals surface area contributed by atoms with Crippen molar-refractivity contribution >= 4 is 188 Å². The van der Waals surface area contributed by atoms with Crippen LogP contribution >= 0.6 is 118 Å². The zero-order chi connectivity index (χ0) is 94.4. The highest BCUT2D eigenvalue weighted by atomic mass is 32.2. The maximum atomic E-state index is 11.5. The number of aromatic carboxylic acids is 1. The number of fused-ring (bicyclic) bond motifs is 1. The second-order valence-electron chi connectivity index (χ2n) is 30.5. The summed E-state index contributed by atoms with van der Waals surface area (Å²) in [6.07, 6.45) is 4.47. The van der Waals surface area contributed by atoms with E-state index >= 15 is 0 Å². The van der Waals surface area contributed by atoms with Crippen molar-refractivity contribution in [2.75, 3.05) is 11.5 Å². The predicted octanol–water partition coefficient (Wildman–Crippen LogP) is 24.7. The van der Waals surface area contributed by atoms with Gasteiger partial charge in [-0.15, -0.1) is 94.1 Å². The largest absolute Gasteiger partial charge is 0.481 e. The van der Waals surface area contributed by atoms with E-state index < -0.39 is 74.9 Å². The van der Waals surface area contributed by atoms with Gasteiger partial charge in [0.15, 0.2) is 0 Å². The fraction of sp³-hybridized carbons (Fsp3) is 0.582. The Bertz CT molecular complexity index is 3630. The number of carbonyl (C=O) groups is 10. The first kappa shape index (κ1) is 124. The third kappa shape index (κ3) is 71.4. The van der Waals surface area contributed by atoms with Crippen LogP contribution in [0, 0.1) is 5.92 Å². The highest BCUT2D eigenvalue weighted by molar-refractivity contribution is 8.03. The minimum Gasteiger partial charge on any atom is -0.481 e. The number of hydrogen-bond donors (Lipinski definition) is 10. The molecular weight excluding hydrogens is 1730 g/mol. The summed E-state index contributed by atoms with van der Waals surface area (Å²) in [5.41, 5.74) is 4.15. The van der Waals surface area contributed by atoms with Crippen LogP contribution in [-0.2, 0) is 55.3 Å². The molecule has 6 unspecified atom stereocenters. The average Bonchev–Trinajstić information content (AvgIpc) is 0.804. The Balaban J connectivity index is -0.000000416. The molecule has 0 aliphatic heterocycles. The van der Waals surface area contributed by atoms with Crippen molar-refractivity contribution in [1.29, 1.82) is 0 Å². The first-order valence-electron chi connectivity index (χ1n) is 40.4. The molecule has 0 spiro atoms. The molecule has 20 nitrogen and oxygen atoms in total. The summed E-state index contributed by atoms with van der Waals surface area (Å²) in [6, 6.07) is 40.0. The lowest BCUT2D eigenvalue weighted by atomic mass is 10.0. The van der Waals surface area contributed by atoms with Crippen molar-refractivity contribution in [1.82, 2.24) is 0 Å². The molecule has 121 heavy (non-hydrogen) atoms. The topological polar surface area (TPSA) is 373 Å². The van der Waals surface area contributed by atoms with Crippen molar-refractivity contribution in [3.05, 3.63) is 155 Å². The zero-order valence-corrected chi connectivity index (χ0v) is 84.1. The third-order valence-corrected chi connectivity index (χ3v) is 26.9. The zero-order valence-electron chi connectivity index (χ0n) is 75.9. The van der Waals surface area contributed by atoms with E-state index in [1.807, 2.05) is 259 Å². The van der Waals surface area contributed by atoms with E-state index in [0.29, 0.717) is 65.7 Å². The Morgan fingerprint density at radius 1 is 0.380 bits per heavy atom. The molecule has 0 amide bonds. The van der Waals surface area contributed by atoms with Crippen molar-refractivity contribution in [2.24, 2.45) is 5.92 Å². The van der Waals surface area contributed by atoms with Gasteiger partial charge in [-0.1, -0.05) is 287 Å². The maximum Gasteiger partial charge on any atom is 0.335 e. The summed E-state index contributed by atoms with van der Waals surface area (Å²) in [4.78, 5) is 106. The molecule has 30 heteroatoms. The highest BCUT2D eigenvalue weighted by Crippen LogP contribution is 2.37. The lowest BCUT2D eigenvalue weighted by molar-refractivity contribution is -0.139. The summed E-state index contributed by atoms with van der Waals surface area (Å²) in [6.45, 7) is 51.7. The fourth-order valence-electron chi connectivity index (χ4n) is 9.33. The Hall–Kier alpha value is -5.44. The van der Waals surface area contributed by atoms with Crippen LogP contribution in [-0.4, -0.2) is 201 Å². The van der Waals surface area contributed by atoms with Crippen LogP contribution in [0.15, 0.2) is 127 Å². The van der Waals surface area contributed by atoms with Crippen LogP contribution in [0.2, 0.25) is 0 Å². The van der Waals surface area contributed by atoms with Gasteiger partial charge in [0.2, 0.25) is 0 Å². The fourth-order valence-corrected chi connectivity index (χ4v) is 18.8. The lowest BCUT2D eigenvalue weighted by Crippen LogP contribution is -2.28. The average molecular weight is 1880 g/mol. The Morgan fingerprint density at radius 3 is 1.18 bits per heavy atom. The number of thioether (sulfide) groups is 10. The van der Waals surface area contributed by atoms with E-state index in [1.165, 1.54) is 94.1 Å². The van der Waals surface area contributed by atoms with Crippen LogP contribution in [0.5, 0.6) is 0 Å². The number of unbranched alkanes of at least 4 members (excludes halogenated alkanes) is 1. The van der Waals surface area contributed by atoms with Gasteiger partial charge in [-0.25, -0.2) is 4.79 Å². The van der Waals surface area contributed by atoms with Gasteiger partial charge < -0.3 is 51.1 Å². The molecule has 0 aromatic heterocycles. The summed E-state index contributed by atoms with van der Waals surface area (Å²) < 4.78 is -0.645. The van der Waals surface area contributed by atoms with Crippen molar-refractivity contribution in [3.8, 4) is 0 Å². The highest BCUT2D eigenvalue weighted by Gasteiger charge is 2.29. The van der Waals surface area contributed by atoms with Crippen LogP contribution < -0.4 is 0 Å². The molecule has 10 N–H and O–H groups in total. The normalized spacial score (nSPS) is 12.3. The number of carboxylic acids is 10. The minimum atomic E-state index is -0.843. The monoisotopic (exact) mass is 1880 g/mol. The molecule has 0 aliphatic rings. The molecule has 6 atom stereocenters. The Labute approximate surface area is 766 Å². The van der Waals surface area contributed by atoms with E-state index in [-0.39, 0.29) is 37.9 Å². The smallest absolute Gasteiger partial charge is 0.335 e. The molecule has 0 radical (unpaired) electrons. The SMILES string of the molecule is CC(C)SC(C(=O)O)C(C)C.CC(C)SC(C(=O)O)c1cccc2ccccc12.CC(C)SC(C(=O)O)c1ccccc1.CC(C)SC(C)(C)C(=O)O.CC(C)SC(C)C(=O)O.CC(C)SC(Cc1ccccc1)C(=O)O.CC(C)SCC(=O)O.CC(C)SCCCCC(=O)O.CC(C)SCc1ccccc1C(=O)O.CCCC(SC(C)C)C(=O)O. The van der Waals surface area contributed by atoms with Gasteiger partial charge in [-0.3, -0.25) is 43.2 Å². The van der Waals surface area contributed by atoms with Crippen LogP contribution in [0.25, 0.3) is 10.8 Å². The number of benzene rings is 5. The van der Waals surface area contributed by atoms with Crippen LogP contribution in [0.3, 0.4) is 0 Å².